The van der Waals surface area contributed by atoms with E-state index in [9.17, 15) is 9.59 Å². The predicted octanol–water partition coefficient (Wildman–Crippen LogP) is -1.10. The lowest BCUT2D eigenvalue weighted by atomic mass is 10.3. The highest BCUT2D eigenvalue weighted by atomic mass is 32.1. The van der Waals surface area contributed by atoms with Gasteiger partial charge in [-0.2, -0.15) is 0 Å². The first-order chi connectivity index (χ1) is 4.61. The Kier molecular flexibility index (Phi) is 1.67. The van der Waals surface area contributed by atoms with E-state index in [1.165, 1.54) is 4.90 Å². The number of likely N-dealkylation sites (N-methyl/N-ethyl adjacent to an activating group) is 1. The number of carbonyl (C=O) groups excluding carboxylic acids is 2. The lowest BCUT2D eigenvalue weighted by Crippen LogP contribution is -2.53. The molecule has 0 unspecified atom stereocenters. The van der Waals surface area contributed by atoms with Gasteiger partial charge in [0.05, 0.1) is 6.54 Å². The van der Waals surface area contributed by atoms with Crippen LogP contribution in [-0.4, -0.2) is 35.3 Å². The second kappa shape index (κ2) is 2.34. The Morgan fingerprint density at radius 3 is 2.70 bits per heavy atom. The van der Waals surface area contributed by atoms with Crippen molar-refractivity contribution in [3.63, 3.8) is 0 Å². The number of nitrogens with one attached hydrogen (secondary N) is 1. The highest BCUT2D eigenvalue weighted by Gasteiger charge is 2.24. The molecule has 4 nitrogen and oxygen atoms in total. The fourth-order valence-corrected chi connectivity index (χ4v) is 0.779. The monoisotopic (exact) mass is 158 g/mol. The number of nitrogens with zero attached hydrogens (tertiary/aromatic N) is 1. The van der Waals surface area contributed by atoms with Crippen LogP contribution in [0.3, 0.4) is 0 Å². The molecule has 1 aliphatic heterocycles. The van der Waals surface area contributed by atoms with E-state index in [1.54, 1.807) is 7.05 Å². The Balaban J connectivity index is 2.72. The molecule has 0 aromatic carbocycles. The minimum atomic E-state index is -0.608. The molecule has 0 atom stereocenters. The van der Waals surface area contributed by atoms with Crippen LogP contribution in [-0.2, 0) is 9.59 Å². The zero-order valence-electron chi connectivity index (χ0n) is 5.38. The van der Waals surface area contributed by atoms with Crippen molar-refractivity contribution in [3.8, 4) is 0 Å². The van der Waals surface area contributed by atoms with Crippen LogP contribution in [0.5, 0.6) is 0 Å². The van der Waals surface area contributed by atoms with Gasteiger partial charge in [-0.25, -0.2) is 0 Å². The van der Waals surface area contributed by atoms with E-state index >= 15 is 0 Å². The van der Waals surface area contributed by atoms with Crippen molar-refractivity contribution in [1.29, 1.82) is 0 Å². The van der Waals surface area contributed by atoms with E-state index in [0.29, 0.717) is 5.11 Å². The summed E-state index contributed by atoms with van der Waals surface area (Å²) in [6.45, 7) is 0.0880. The quantitative estimate of drug-likeness (QED) is 0.359. The first-order valence-corrected chi connectivity index (χ1v) is 3.11. The summed E-state index contributed by atoms with van der Waals surface area (Å²) in [7, 11) is 1.65. The van der Waals surface area contributed by atoms with Crippen LogP contribution in [0.2, 0.25) is 0 Å². The van der Waals surface area contributed by atoms with Gasteiger partial charge in [-0.3, -0.25) is 14.9 Å². The average molecular weight is 158 g/mol. The van der Waals surface area contributed by atoms with Gasteiger partial charge >= 0.3 is 0 Å². The molecule has 1 heterocycles. The molecule has 5 heteroatoms. The maximum Gasteiger partial charge on any atom is 0.295 e. The Morgan fingerprint density at radius 1 is 1.60 bits per heavy atom. The number of carbonyl (C=O) groups is 2. The van der Waals surface area contributed by atoms with E-state index in [0.717, 1.165) is 0 Å². The molecule has 0 bridgehead atoms. The van der Waals surface area contributed by atoms with Crippen LogP contribution in [0.25, 0.3) is 0 Å². The fraction of sp³-hybridized carbons (Fsp3) is 0.400. The summed E-state index contributed by atoms with van der Waals surface area (Å²) in [5.74, 6) is -1.06. The Morgan fingerprint density at radius 2 is 2.20 bits per heavy atom. The number of amides is 1. The number of hydrogen-bond acceptors (Lipinski definition) is 3. The first kappa shape index (κ1) is 7.14. The van der Waals surface area contributed by atoms with Gasteiger partial charge < -0.3 is 4.90 Å². The molecule has 1 N–H and O–H groups in total. The van der Waals surface area contributed by atoms with Crippen molar-refractivity contribution in [2.75, 3.05) is 13.6 Å². The summed E-state index contributed by atoms with van der Waals surface area (Å²) in [4.78, 5) is 22.7. The number of ketones is 1. The molecule has 0 spiro atoms. The number of thiocarbonyl (C=S) groups is 1. The van der Waals surface area contributed by atoms with Crippen molar-refractivity contribution in [3.05, 3.63) is 0 Å². The molecule has 0 aliphatic carbocycles. The van der Waals surface area contributed by atoms with Crippen LogP contribution < -0.4 is 5.32 Å². The highest BCUT2D eigenvalue weighted by Crippen LogP contribution is 1.92. The summed E-state index contributed by atoms with van der Waals surface area (Å²) >= 11 is 4.70. The normalized spacial score (nSPS) is 19.3. The molecule has 10 heavy (non-hydrogen) atoms. The van der Waals surface area contributed by atoms with Gasteiger partial charge in [-0.15, -0.1) is 0 Å². The van der Waals surface area contributed by atoms with Gasteiger partial charge in [0.25, 0.3) is 5.91 Å². The first-order valence-electron chi connectivity index (χ1n) is 2.70. The molecule has 1 fully saturated rings. The molecule has 54 valence electrons. The van der Waals surface area contributed by atoms with Gasteiger partial charge in [0.1, 0.15) is 0 Å². The zero-order valence-corrected chi connectivity index (χ0v) is 6.20. The van der Waals surface area contributed by atoms with Gasteiger partial charge in [-0.05, 0) is 12.2 Å². The van der Waals surface area contributed by atoms with E-state index in [1.807, 2.05) is 0 Å². The van der Waals surface area contributed by atoms with Gasteiger partial charge in [0.2, 0.25) is 5.78 Å². The third-order valence-electron chi connectivity index (χ3n) is 1.20. The van der Waals surface area contributed by atoms with Crippen molar-refractivity contribution in [1.82, 2.24) is 10.2 Å². The number of rotatable bonds is 0. The van der Waals surface area contributed by atoms with E-state index < -0.39 is 11.7 Å². The molecule has 1 rings (SSSR count). The lowest BCUT2D eigenvalue weighted by Gasteiger charge is -2.23. The molecule has 1 amide bonds. The number of Topliss-reactive ketones (excluding diaryl/α,β-unsaturated/α-hetero) is 1. The molecule has 0 radical (unpaired) electrons. The Hall–Kier alpha value is -0.970. The summed E-state index contributed by atoms with van der Waals surface area (Å²) in [6, 6.07) is 0. The van der Waals surface area contributed by atoms with Gasteiger partial charge in [0.15, 0.2) is 5.11 Å². The standard InChI is InChI=1S/C5H6N2O2S/c1-7-2-3(8)4(9)6-5(7)10/h2H2,1H3,(H,6,9,10). The summed E-state index contributed by atoms with van der Waals surface area (Å²) in [5, 5.41) is 2.56. The summed E-state index contributed by atoms with van der Waals surface area (Å²) in [5.41, 5.74) is 0. The van der Waals surface area contributed by atoms with Crippen LogP contribution in [0.15, 0.2) is 0 Å². The molecular formula is C5H6N2O2S. The fourth-order valence-electron chi connectivity index (χ4n) is 0.621. The van der Waals surface area contributed by atoms with Gasteiger partial charge in [-0.1, -0.05) is 0 Å². The topological polar surface area (TPSA) is 49.4 Å². The number of hydrogen-bond donors (Lipinski definition) is 1. The van der Waals surface area contributed by atoms with Crippen molar-refractivity contribution < 1.29 is 9.59 Å². The second-order valence-corrected chi connectivity index (χ2v) is 2.43. The third kappa shape index (κ3) is 1.13. The van der Waals surface area contributed by atoms with Crippen molar-refractivity contribution in [2.45, 2.75) is 0 Å². The second-order valence-electron chi connectivity index (χ2n) is 2.04. The summed E-state index contributed by atoms with van der Waals surface area (Å²) < 4.78 is 0. The molecule has 1 aliphatic rings. The van der Waals surface area contributed by atoms with Crippen molar-refractivity contribution in [2.24, 2.45) is 0 Å². The van der Waals surface area contributed by atoms with E-state index in [2.05, 4.69) is 5.32 Å². The van der Waals surface area contributed by atoms with Crippen LogP contribution in [0, 0.1) is 0 Å². The maximum absolute atomic E-state index is 10.6. The van der Waals surface area contributed by atoms with Gasteiger partial charge in [0, 0.05) is 7.05 Å². The Labute approximate surface area is 63.2 Å². The largest absolute Gasteiger partial charge is 0.344 e. The molecule has 0 aromatic rings. The Bertz CT molecular complexity index is 214. The predicted molar refractivity (Wildman–Crippen MR) is 38.4 cm³/mol. The average Bonchev–Trinajstić information content (AvgIpc) is 1.84. The summed E-state index contributed by atoms with van der Waals surface area (Å²) in [6.07, 6.45) is 0. The minimum Gasteiger partial charge on any atom is -0.344 e. The van der Waals surface area contributed by atoms with Crippen molar-refractivity contribution >= 4 is 29.0 Å². The molecule has 0 saturated carbocycles. The molecular weight excluding hydrogens is 152 g/mol. The smallest absolute Gasteiger partial charge is 0.295 e. The molecule has 0 aromatic heterocycles. The third-order valence-corrected chi connectivity index (χ3v) is 1.61. The zero-order chi connectivity index (χ0) is 7.72. The van der Waals surface area contributed by atoms with Crippen LogP contribution in [0.4, 0.5) is 0 Å². The van der Waals surface area contributed by atoms with Crippen LogP contribution >= 0.6 is 12.2 Å². The minimum absolute atomic E-state index is 0.0880. The van der Waals surface area contributed by atoms with Crippen LogP contribution in [0.1, 0.15) is 0 Å². The van der Waals surface area contributed by atoms with E-state index in [-0.39, 0.29) is 6.54 Å². The van der Waals surface area contributed by atoms with E-state index in [4.69, 9.17) is 12.2 Å². The highest BCUT2D eigenvalue weighted by molar-refractivity contribution is 7.80. The molecule has 1 saturated heterocycles. The lowest BCUT2D eigenvalue weighted by molar-refractivity contribution is -0.138. The SMILES string of the molecule is CN1CC(=O)C(=O)NC1=S. The maximum atomic E-state index is 10.6.